The molecule has 3 rings (SSSR count). The van der Waals surface area contributed by atoms with Crippen LogP contribution >= 0.6 is 0 Å². The number of hydrogen-bond donors (Lipinski definition) is 0. The van der Waals surface area contributed by atoms with E-state index in [4.69, 9.17) is 0 Å². The first-order valence-corrected chi connectivity index (χ1v) is 8.54. The van der Waals surface area contributed by atoms with Gasteiger partial charge in [-0.25, -0.2) is 17.6 Å². The van der Waals surface area contributed by atoms with Gasteiger partial charge in [0.15, 0.2) is 23.3 Å². The smallest absolute Gasteiger partial charge is 0.167 e. The van der Waals surface area contributed by atoms with Crippen LogP contribution in [-0.4, -0.2) is 0 Å². The van der Waals surface area contributed by atoms with E-state index in [0.717, 1.165) is 30.9 Å². The highest BCUT2D eigenvalue weighted by molar-refractivity contribution is 5.72. The van der Waals surface area contributed by atoms with Crippen molar-refractivity contribution in [1.82, 2.24) is 0 Å². The molecule has 0 fully saturated rings. The van der Waals surface area contributed by atoms with Gasteiger partial charge in [-0.3, -0.25) is 0 Å². The molecule has 0 spiro atoms. The summed E-state index contributed by atoms with van der Waals surface area (Å²) in [6, 6.07) is 13.3. The first-order chi connectivity index (χ1) is 12.5. The van der Waals surface area contributed by atoms with E-state index in [-0.39, 0.29) is 16.7 Å². The molecule has 26 heavy (non-hydrogen) atoms. The molecule has 0 amide bonds. The Kier molecular flexibility index (Phi) is 5.40. The van der Waals surface area contributed by atoms with Crippen molar-refractivity contribution in [3.63, 3.8) is 0 Å². The molecule has 134 valence electrons. The average Bonchev–Trinajstić information content (AvgIpc) is 2.65. The van der Waals surface area contributed by atoms with Gasteiger partial charge in [0, 0.05) is 16.7 Å². The first kappa shape index (κ1) is 18.2. The zero-order valence-corrected chi connectivity index (χ0v) is 14.3. The van der Waals surface area contributed by atoms with Gasteiger partial charge >= 0.3 is 0 Å². The minimum atomic E-state index is -1.20. The molecule has 0 atom stereocenters. The lowest BCUT2D eigenvalue weighted by molar-refractivity contribution is 0.502. The fraction of sp³-hybridized carbons (Fsp3) is 0.182. The highest BCUT2D eigenvalue weighted by atomic mass is 19.2. The molecule has 4 heteroatoms. The van der Waals surface area contributed by atoms with Crippen LogP contribution in [0.3, 0.4) is 0 Å². The molecule has 0 N–H and O–H groups in total. The highest BCUT2D eigenvalue weighted by Crippen LogP contribution is 2.33. The summed E-state index contributed by atoms with van der Waals surface area (Å²) >= 11 is 0. The van der Waals surface area contributed by atoms with Gasteiger partial charge in [-0.1, -0.05) is 61.9 Å². The van der Waals surface area contributed by atoms with Crippen molar-refractivity contribution < 1.29 is 17.6 Å². The van der Waals surface area contributed by atoms with Crippen LogP contribution in [0.2, 0.25) is 0 Å². The second kappa shape index (κ2) is 7.73. The fourth-order valence-electron chi connectivity index (χ4n) is 2.92. The molecular formula is C22H18F4. The van der Waals surface area contributed by atoms with E-state index < -0.39 is 23.3 Å². The third kappa shape index (κ3) is 3.50. The first-order valence-electron chi connectivity index (χ1n) is 8.54. The minimum absolute atomic E-state index is 0.0881. The number of halogens is 4. The Morgan fingerprint density at radius 3 is 1.96 bits per heavy atom. The minimum Gasteiger partial charge on any atom is -0.204 e. The van der Waals surface area contributed by atoms with E-state index in [9.17, 15) is 17.6 Å². The molecule has 0 saturated heterocycles. The second-order valence-corrected chi connectivity index (χ2v) is 6.19. The van der Waals surface area contributed by atoms with E-state index in [1.807, 2.05) is 12.1 Å². The molecule has 3 aromatic carbocycles. The van der Waals surface area contributed by atoms with Crippen molar-refractivity contribution in [3.8, 4) is 22.3 Å². The second-order valence-electron chi connectivity index (χ2n) is 6.19. The van der Waals surface area contributed by atoms with E-state index in [0.29, 0.717) is 5.56 Å². The number of aryl methyl sites for hydroxylation is 1. The number of unbranched alkanes of at least 4 members (excludes halogenated alkanes) is 1. The average molecular weight is 358 g/mol. The maximum absolute atomic E-state index is 14.6. The van der Waals surface area contributed by atoms with Gasteiger partial charge in [-0.2, -0.15) is 0 Å². The van der Waals surface area contributed by atoms with Crippen LogP contribution in [0.5, 0.6) is 0 Å². The zero-order chi connectivity index (χ0) is 18.7. The summed E-state index contributed by atoms with van der Waals surface area (Å²) in [6.45, 7) is 2.11. The summed E-state index contributed by atoms with van der Waals surface area (Å²) in [6.07, 6.45) is 3.08. The predicted molar refractivity (Wildman–Crippen MR) is 95.8 cm³/mol. The summed E-state index contributed by atoms with van der Waals surface area (Å²) in [5.74, 6) is -4.57. The predicted octanol–water partition coefficient (Wildman–Crippen LogP) is 6.92. The van der Waals surface area contributed by atoms with Crippen molar-refractivity contribution in [2.24, 2.45) is 0 Å². The third-order valence-electron chi connectivity index (χ3n) is 4.41. The van der Waals surface area contributed by atoms with Gasteiger partial charge in [0.05, 0.1) is 0 Å². The highest BCUT2D eigenvalue weighted by Gasteiger charge is 2.19. The van der Waals surface area contributed by atoms with Gasteiger partial charge in [0.25, 0.3) is 0 Å². The Bertz CT molecular complexity index is 914. The molecule has 0 saturated carbocycles. The molecule has 0 aliphatic rings. The molecule has 0 radical (unpaired) electrons. The monoisotopic (exact) mass is 358 g/mol. The molecule has 0 nitrogen and oxygen atoms in total. The van der Waals surface area contributed by atoms with Gasteiger partial charge in [0.1, 0.15) is 0 Å². The van der Waals surface area contributed by atoms with E-state index in [2.05, 4.69) is 6.92 Å². The van der Waals surface area contributed by atoms with E-state index in [1.165, 1.54) is 24.3 Å². The van der Waals surface area contributed by atoms with Gasteiger partial charge < -0.3 is 0 Å². The van der Waals surface area contributed by atoms with Crippen molar-refractivity contribution in [2.45, 2.75) is 26.2 Å². The lowest BCUT2D eigenvalue weighted by Crippen LogP contribution is -1.97. The SMILES string of the molecule is CCCCc1ccc(-c2ccc(-c3cccc(F)c3F)c(F)c2F)cc1. The third-order valence-corrected chi connectivity index (χ3v) is 4.41. The standard InChI is InChI=1S/C22H18F4/c1-2-3-5-14-8-10-15(11-9-14)16-12-13-18(22(26)21(16)25)17-6-4-7-19(23)20(17)24/h4,6-13H,2-3,5H2,1H3. The van der Waals surface area contributed by atoms with Crippen molar-refractivity contribution in [3.05, 3.63) is 83.4 Å². The Balaban J connectivity index is 1.99. The molecule has 0 aromatic heterocycles. The number of benzene rings is 3. The molecule has 0 unspecified atom stereocenters. The van der Waals surface area contributed by atoms with Gasteiger partial charge in [-0.15, -0.1) is 0 Å². The molecular weight excluding hydrogens is 340 g/mol. The van der Waals surface area contributed by atoms with Crippen LogP contribution in [0.15, 0.2) is 54.6 Å². The molecule has 3 aromatic rings. The molecule has 0 aliphatic carbocycles. The summed E-state index contributed by atoms with van der Waals surface area (Å²) in [5, 5.41) is 0. The van der Waals surface area contributed by atoms with Crippen LogP contribution in [0.25, 0.3) is 22.3 Å². The van der Waals surface area contributed by atoms with Crippen LogP contribution in [0.1, 0.15) is 25.3 Å². The molecule has 0 bridgehead atoms. The lowest BCUT2D eigenvalue weighted by atomic mass is 9.97. The summed E-state index contributed by atoms with van der Waals surface area (Å²) in [4.78, 5) is 0. The van der Waals surface area contributed by atoms with Crippen molar-refractivity contribution in [1.29, 1.82) is 0 Å². The van der Waals surface area contributed by atoms with Crippen LogP contribution < -0.4 is 0 Å². The summed E-state index contributed by atoms with van der Waals surface area (Å²) in [5.41, 5.74) is 1.15. The quantitative estimate of drug-likeness (QED) is 0.434. The maximum Gasteiger partial charge on any atom is 0.167 e. The van der Waals surface area contributed by atoms with E-state index >= 15 is 0 Å². The topological polar surface area (TPSA) is 0 Å². The van der Waals surface area contributed by atoms with Crippen LogP contribution in [-0.2, 0) is 6.42 Å². The number of hydrogen-bond acceptors (Lipinski definition) is 0. The Hall–Kier alpha value is -2.62. The van der Waals surface area contributed by atoms with Crippen molar-refractivity contribution >= 4 is 0 Å². The van der Waals surface area contributed by atoms with Crippen LogP contribution in [0.4, 0.5) is 17.6 Å². The van der Waals surface area contributed by atoms with E-state index in [1.54, 1.807) is 12.1 Å². The summed E-state index contributed by atoms with van der Waals surface area (Å²) in [7, 11) is 0. The van der Waals surface area contributed by atoms with Gasteiger partial charge in [-0.05, 0) is 30.0 Å². The zero-order valence-electron chi connectivity index (χ0n) is 14.3. The number of rotatable bonds is 5. The van der Waals surface area contributed by atoms with Gasteiger partial charge in [0.2, 0.25) is 0 Å². The fourth-order valence-corrected chi connectivity index (χ4v) is 2.92. The molecule has 0 heterocycles. The largest absolute Gasteiger partial charge is 0.204 e. The summed E-state index contributed by atoms with van der Waals surface area (Å²) < 4.78 is 56.4. The Morgan fingerprint density at radius 1 is 0.654 bits per heavy atom. The molecule has 0 aliphatic heterocycles. The normalized spacial score (nSPS) is 11.0. The maximum atomic E-state index is 14.6. The van der Waals surface area contributed by atoms with Crippen molar-refractivity contribution in [2.75, 3.05) is 0 Å². The van der Waals surface area contributed by atoms with Crippen LogP contribution in [0, 0.1) is 23.3 Å². The Morgan fingerprint density at radius 2 is 1.27 bits per heavy atom. The lowest BCUT2D eigenvalue weighted by Gasteiger charge is -2.11. The Labute approximate surface area is 150 Å².